The number of hydrogen-bond acceptors (Lipinski definition) is 5. The predicted molar refractivity (Wildman–Crippen MR) is 85.7 cm³/mol. The number of Topliss-reactive ketones (excluding diaryl/α,β-unsaturated/α-hetero) is 2. The van der Waals surface area contributed by atoms with E-state index in [4.69, 9.17) is 4.74 Å². The summed E-state index contributed by atoms with van der Waals surface area (Å²) < 4.78 is 4.74. The van der Waals surface area contributed by atoms with E-state index in [0.29, 0.717) is 30.4 Å². The van der Waals surface area contributed by atoms with Gasteiger partial charge in [0.05, 0.1) is 11.8 Å². The number of ether oxygens (including phenoxy) is 1. The van der Waals surface area contributed by atoms with Gasteiger partial charge in [-0.3, -0.25) is 19.2 Å². The third-order valence-corrected chi connectivity index (χ3v) is 5.22. The standard InChI is InChI=1S/C19H20O5/c1-4-9(2)17(21)14-6-12-8-16-15(18(22)24-19(16)23)7-11(12)5-13(14)10(3)20/h5-6,9,15-16H,4,7-8H2,1-3H3. The summed E-state index contributed by atoms with van der Waals surface area (Å²) in [6, 6.07) is 3.46. The third-order valence-electron chi connectivity index (χ3n) is 5.22. The highest BCUT2D eigenvalue weighted by Crippen LogP contribution is 2.37. The molecular formula is C19H20O5. The molecule has 3 rings (SSSR count). The second-order valence-electron chi connectivity index (χ2n) is 6.76. The fourth-order valence-electron chi connectivity index (χ4n) is 3.52. The minimum absolute atomic E-state index is 0.0577. The maximum Gasteiger partial charge on any atom is 0.317 e. The first-order valence-corrected chi connectivity index (χ1v) is 8.30. The van der Waals surface area contributed by atoms with E-state index < -0.39 is 23.8 Å². The number of esters is 2. The smallest absolute Gasteiger partial charge is 0.317 e. The van der Waals surface area contributed by atoms with E-state index in [0.717, 1.165) is 11.1 Å². The number of ketones is 2. The van der Waals surface area contributed by atoms with Gasteiger partial charge in [0.2, 0.25) is 0 Å². The first-order chi connectivity index (χ1) is 11.3. The van der Waals surface area contributed by atoms with Gasteiger partial charge < -0.3 is 4.74 Å². The lowest BCUT2D eigenvalue weighted by Crippen LogP contribution is -2.28. The molecule has 1 aliphatic carbocycles. The second kappa shape index (κ2) is 5.96. The zero-order valence-electron chi connectivity index (χ0n) is 14.0. The number of hydrogen-bond donors (Lipinski definition) is 0. The fraction of sp³-hybridized carbons (Fsp3) is 0.474. The Balaban J connectivity index is 2.07. The molecule has 1 heterocycles. The average molecular weight is 328 g/mol. The number of fused-ring (bicyclic) bond motifs is 2. The van der Waals surface area contributed by atoms with E-state index in [9.17, 15) is 19.2 Å². The summed E-state index contributed by atoms with van der Waals surface area (Å²) in [5, 5.41) is 0. The van der Waals surface area contributed by atoms with Crippen molar-refractivity contribution >= 4 is 23.5 Å². The summed E-state index contributed by atoms with van der Waals surface area (Å²) in [5.41, 5.74) is 2.54. The van der Waals surface area contributed by atoms with Crippen LogP contribution < -0.4 is 0 Å². The molecule has 3 unspecified atom stereocenters. The Labute approximate surface area is 140 Å². The summed E-state index contributed by atoms with van der Waals surface area (Å²) in [4.78, 5) is 48.2. The molecule has 0 spiro atoms. The maximum atomic E-state index is 12.6. The topological polar surface area (TPSA) is 77.5 Å². The van der Waals surface area contributed by atoms with Crippen molar-refractivity contribution in [2.24, 2.45) is 17.8 Å². The van der Waals surface area contributed by atoms with Crippen molar-refractivity contribution in [3.8, 4) is 0 Å². The van der Waals surface area contributed by atoms with Gasteiger partial charge in [0, 0.05) is 17.0 Å². The quantitative estimate of drug-likeness (QED) is 0.482. The predicted octanol–water partition coefficient (Wildman–Crippen LogP) is 2.53. The van der Waals surface area contributed by atoms with Gasteiger partial charge >= 0.3 is 11.9 Å². The van der Waals surface area contributed by atoms with Gasteiger partial charge in [0.15, 0.2) is 11.6 Å². The molecule has 5 heteroatoms. The molecule has 0 radical (unpaired) electrons. The molecule has 0 amide bonds. The van der Waals surface area contributed by atoms with E-state index in [1.54, 1.807) is 12.1 Å². The molecule has 0 N–H and O–H groups in total. The monoisotopic (exact) mass is 328 g/mol. The van der Waals surface area contributed by atoms with Crippen LogP contribution in [0.5, 0.6) is 0 Å². The molecule has 126 valence electrons. The molecule has 1 aliphatic heterocycles. The molecule has 2 aliphatic rings. The van der Waals surface area contributed by atoms with Crippen LogP contribution in [0.2, 0.25) is 0 Å². The van der Waals surface area contributed by atoms with Crippen LogP contribution in [-0.2, 0) is 27.2 Å². The third kappa shape index (κ3) is 2.58. The molecule has 24 heavy (non-hydrogen) atoms. The van der Waals surface area contributed by atoms with Gasteiger partial charge in [-0.15, -0.1) is 0 Å². The largest absolute Gasteiger partial charge is 0.393 e. The van der Waals surface area contributed by atoms with Crippen molar-refractivity contribution in [1.29, 1.82) is 0 Å². The van der Waals surface area contributed by atoms with Gasteiger partial charge in [-0.25, -0.2) is 0 Å². The molecule has 1 aromatic carbocycles. The summed E-state index contributed by atoms with van der Waals surface area (Å²) >= 11 is 0. The van der Waals surface area contributed by atoms with Gasteiger partial charge in [0.1, 0.15) is 0 Å². The second-order valence-corrected chi connectivity index (χ2v) is 6.76. The van der Waals surface area contributed by atoms with Crippen LogP contribution >= 0.6 is 0 Å². The fourth-order valence-corrected chi connectivity index (χ4v) is 3.52. The summed E-state index contributed by atoms with van der Waals surface area (Å²) in [5.74, 6) is -2.31. The van der Waals surface area contributed by atoms with Gasteiger partial charge in [-0.2, -0.15) is 0 Å². The number of rotatable bonds is 4. The molecule has 1 saturated heterocycles. The molecule has 1 fully saturated rings. The Kier molecular flexibility index (Phi) is 4.11. The van der Waals surface area contributed by atoms with Crippen LogP contribution in [0, 0.1) is 17.8 Å². The molecule has 5 nitrogen and oxygen atoms in total. The van der Waals surface area contributed by atoms with Crippen molar-refractivity contribution in [3.05, 3.63) is 34.4 Å². The minimum atomic E-state index is -0.486. The molecular weight excluding hydrogens is 308 g/mol. The van der Waals surface area contributed by atoms with Crippen molar-refractivity contribution in [3.63, 3.8) is 0 Å². The van der Waals surface area contributed by atoms with E-state index in [1.165, 1.54) is 6.92 Å². The Morgan fingerprint density at radius 2 is 1.58 bits per heavy atom. The van der Waals surface area contributed by atoms with Crippen LogP contribution in [-0.4, -0.2) is 23.5 Å². The van der Waals surface area contributed by atoms with Gasteiger partial charge in [0.25, 0.3) is 0 Å². The SMILES string of the molecule is CCC(C)C(=O)c1cc2c(cc1C(C)=O)CC1C(=O)OC(=O)C1C2. The first kappa shape index (κ1) is 16.6. The highest BCUT2D eigenvalue weighted by atomic mass is 16.6. The lowest BCUT2D eigenvalue weighted by molar-refractivity contribution is -0.153. The van der Waals surface area contributed by atoms with Gasteiger partial charge in [-0.1, -0.05) is 13.8 Å². The van der Waals surface area contributed by atoms with E-state index in [1.807, 2.05) is 13.8 Å². The Morgan fingerprint density at radius 1 is 1.08 bits per heavy atom. The van der Waals surface area contributed by atoms with Crippen molar-refractivity contribution in [1.82, 2.24) is 0 Å². The molecule has 3 atom stereocenters. The highest BCUT2D eigenvalue weighted by Gasteiger charge is 2.47. The molecule has 0 aromatic heterocycles. The van der Waals surface area contributed by atoms with E-state index in [2.05, 4.69) is 0 Å². The summed E-state index contributed by atoms with van der Waals surface area (Å²) in [6.45, 7) is 5.21. The Morgan fingerprint density at radius 3 is 2.04 bits per heavy atom. The summed E-state index contributed by atoms with van der Waals surface area (Å²) in [6.07, 6.45) is 1.45. The Hall–Kier alpha value is -2.30. The molecule has 0 saturated carbocycles. The lowest BCUT2D eigenvalue weighted by atomic mass is 9.75. The van der Waals surface area contributed by atoms with E-state index >= 15 is 0 Å². The zero-order chi connectivity index (χ0) is 17.6. The van der Waals surface area contributed by atoms with E-state index in [-0.39, 0.29) is 17.5 Å². The van der Waals surface area contributed by atoms with Crippen LogP contribution in [0.3, 0.4) is 0 Å². The zero-order valence-corrected chi connectivity index (χ0v) is 14.0. The minimum Gasteiger partial charge on any atom is -0.393 e. The van der Waals surface area contributed by atoms with Crippen LogP contribution in [0.1, 0.15) is 59.0 Å². The van der Waals surface area contributed by atoms with Crippen molar-refractivity contribution in [2.45, 2.75) is 40.0 Å². The van der Waals surface area contributed by atoms with Crippen LogP contribution in [0.25, 0.3) is 0 Å². The van der Waals surface area contributed by atoms with Crippen LogP contribution in [0.4, 0.5) is 0 Å². The number of benzene rings is 1. The molecule has 0 bridgehead atoms. The lowest BCUT2D eigenvalue weighted by Gasteiger charge is -2.25. The number of carbonyl (C=O) groups excluding carboxylic acids is 4. The van der Waals surface area contributed by atoms with Gasteiger partial charge in [-0.05, 0) is 49.4 Å². The number of carbonyl (C=O) groups is 4. The Bertz CT molecular complexity index is 761. The molecule has 1 aromatic rings. The maximum absolute atomic E-state index is 12.6. The van der Waals surface area contributed by atoms with Crippen LogP contribution in [0.15, 0.2) is 12.1 Å². The highest BCUT2D eigenvalue weighted by molar-refractivity contribution is 6.09. The normalized spacial score (nSPS) is 23.3. The summed E-state index contributed by atoms with van der Waals surface area (Å²) in [7, 11) is 0. The average Bonchev–Trinajstić information content (AvgIpc) is 2.84. The number of cyclic esters (lactones) is 2. The van der Waals surface area contributed by atoms with Crippen molar-refractivity contribution in [2.75, 3.05) is 0 Å². The van der Waals surface area contributed by atoms with Crippen molar-refractivity contribution < 1.29 is 23.9 Å². The first-order valence-electron chi connectivity index (χ1n) is 8.30.